The maximum absolute atomic E-state index is 12.5. The number of carbonyl (C=O) groups is 1. The Hall–Kier alpha value is -1.07. The van der Waals surface area contributed by atoms with Gasteiger partial charge >= 0.3 is 0 Å². The van der Waals surface area contributed by atoms with E-state index in [4.69, 9.17) is 11.6 Å². The number of amides is 1. The van der Waals surface area contributed by atoms with Crippen molar-refractivity contribution >= 4 is 17.5 Å². The number of likely N-dealkylation sites (N-methyl/N-ethyl adjacent to an activating group) is 1. The fourth-order valence-corrected chi connectivity index (χ4v) is 2.69. The fraction of sp³-hybridized carbons (Fsp3) is 0.667. The molecule has 0 radical (unpaired) electrons. The molecule has 0 aliphatic carbocycles. The van der Waals surface area contributed by atoms with Crippen LogP contribution in [0.3, 0.4) is 0 Å². The molecule has 1 atom stereocenters. The topological polar surface area (TPSA) is 50.2 Å². The molecule has 1 saturated heterocycles. The Labute approximate surface area is 112 Å². The lowest BCUT2D eigenvalue weighted by atomic mass is 10.2. The summed E-state index contributed by atoms with van der Waals surface area (Å²) < 4.78 is 1.66. The van der Waals surface area contributed by atoms with Crippen LogP contribution in [0.5, 0.6) is 0 Å². The van der Waals surface area contributed by atoms with Crippen LogP contribution in [-0.2, 0) is 6.54 Å². The second kappa shape index (κ2) is 5.28. The lowest BCUT2D eigenvalue weighted by molar-refractivity contribution is 0.0743. The second-order valence-corrected chi connectivity index (χ2v) is 4.99. The summed E-state index contributed by atoms with van der Waals surface area (Å²) in [5, 5.41) is 7.98. The van der Waals surface area contributed by atoms with E-state index in [1.807, 2.05) is 20.9 Å². The zero-order valence-corrected chi connectivity index (χ0v) is 11.8. The Morgan fingerprint density at radius 3 is 2.89 bits per heavy atom. The Morgan fingerprint density at radius 1 is 1.67 bits per heavy atom. The molecule has 1 fully saturated rings. The molecule has 2 heterocycles. The minimum absolute atomic E-state index is 0.0362. The van der Waals surface area contributed by atoms with E-state index in [2.05, 4.69) is 10.4 Å². The third kappa shape index (κ3) is 2.24. The molecule has 5 nitrogen and oxygen atoms in total. The van der Waals surface area contributed by atoms with E-state index in [1.165, 1.54) is 0 Å². The molecule has 1 amide bonds. The highest BCUT2D eigenvalue weighted by atomic mass is 35.5. The molecule has 1 aliphatic rings. The van der Waals surface area contributed by atoms with Gasteiger partial charge in [-0.2, -0.15) is 5.10 Å². The van der Waals surface area contributed by atoms with Crippen molar-refractivity contribution in [3.8, 4) is 0 Å². The molecule has 1 aliphatic heterocycles. The molecular formula is C12H19ClN4O. The molecule has 18 heavy (non-hydrogen) atoms. The summed E-state index contributed by atoms with van der Waals surface area (Å²) >= 11 is 6.21. The summed E-state index contributed by atoms with van der Waals surface area (Å²) in [6, 6.07) is 0.248. The van der Waals surface area contributed by atoms with Crippen LogP contribution in [0.15, 0.2) is 0 Å². The predicted octanol–water partition coefficient (Wildman–Crippen LogP) is 1.30. The highest BCUT2D eigenvalue weighted by Gasteiger charge is 2.28. The summed E-state index contributed by atoms with van der Waals surface area (Å²) in [4.78, 5) is 14.2. The van der Waals surface area contributed by atoms with E-state index in [0.717, 1.165) is 19.5 Å². The van der Waals surface area contributed by atoms with Crippen LogP contribution in [-0.4, -0.2) is 46.8 Å². The SMILES string of the molecule is CCn1nc(C)c(C(=O)N(C)[C@@H]2CCNC2)c1Cl. The summed E-state index contributed by atoms with van der Waals surface area (Å²) in [5.41, 5.74) is 1.23. The number of carbonyl (C=O) groups excluding carboxylic acids is 1. The average molecular weight is 271 g/mol. The number of nitrogens with zero attached hydrogens (tertiary/aromatic N) is 3. The van der Waals surface area contributed by atoms with E-state index in [0.29, 0.717) is 23.0 Å². The molecule has 1 aromatic heterocycles. The molecule has 6 heteroatoms. The van der Waals surface area contributed by atoms with Gasteiger partial charge in [-0.25, -0.2) is 0 Å². The van der Waals surface area contributed by atoms with Crippen molar-refractivity contribution in [3.63, 3.8) is 0 Å². The van der Waals surface area contributed by atoms with Crippen LogP contribution in [0, 0.1) is 6.92 Å². The van der Waals surface area contributed by atoms with Gasteiger partial charge in [0.05, 0.1) is 11.3 Å². The van der Waals surface area contributed by atoms with Crippen LogP contribution < -0.4 is 5.32 Å². The minimum Gasteiger partial charge on any atom is -0.337 e. The van der Waals surface area contributed by atoms with Gasteiger partial charge in [0, 0.05) is 26.2 Å². The zero-order valence-electron chi connectivity index (χ0n) is 11.0. The van der Waals surface area contributed by atoms with Crippen molar-refractivity contribution in [2.45, 2.75) is 32.9 Å². The monoisotopic (exact) mass is 270 g/mol. The Morgan fingerprint density at radius 2 is 2.39 bits per heavy atom. The first kappa shape index (κ1) is 13.4. The third-order valence-electron chi connectivity index (χ3n) is 3.48. The van der Waals surface area contributed by atoms with Crippen molar-refractivity contribution in [1.29, 1.82) is 0 Å². The summed E-state index contributed by atoms with van der Waals surface area (Å²) in [6.07, 6.45) is 0.987. The highest BCUT2D eigenvalue weighted by molar-refractivity contribution is 6.33. The van der Waals surface area contributed by atoms with Gasteiger partial charge in [-0.15, -0.1) is 0 Å². The van der Waals surface area contributed by atoms with E-state index >= 15 is 0 Å². The van der Waals surface area contributed by atoms with Crippen LogP contribution >= 0.6 is 11.6 Å². The van der Waals surface area contributed by atoms with Crippen molar-refractivity contribution in [2.24, 2.45) is 0 Å². The lowest BCUT2D eigenvalue weighted by Gasteiger charge is -2.23. The van der Waals surface area contributed by atoms with E-state index in [-0.39, 0.29) is 11.9 Å². The minimum atomic E-state index is -0.0362. The smallest absolute Gasteiger partial charge is 0.258 e. The predicted molar refractivity (Wildman–Crippen MR) is 71.0 cm³/mol. The van der Waals surface area contributed by atoms with Gasteiger partial charge in [-0.1, -0.05) is 11.6 Å². The quantitative estimate of drug-likeness (QED) is 0.901. The molecule has 0 spiro atoms. The average Bonchev–Trinajstić information content (AvgIpc) is 2.96. The van der Waals surface area contributed by atoms with Gasteiger partial charge < -0.3 is 10.2 Å². The first-order valence-corrected chi connectivity index (χ1v) is 6.64. The summed E-state index contributed by atoms with van der Waals surface area (Å²) in [5.74, 6) is -0.0362. The van der Waals surface area contributed by atoms with Crippen LogP contribution in [0.4, 0.5) is 0 Å². The molecule has 1 N–H and O–H groups in total. The number of halogens is 1. The van der Waals surface area contributed by atoms with E-state index in [9.17, 15) is 4.79 Å². The Kier molecular flexibility index (Phi) is 3.92. The Bertz CT molecular complexity index is 451. The van der Waals surface area contributed by atoms with Crippen LogP contribution in [0.2, 0.25) is 5.15 Å². The molecular weight excluding hydrogens is 252 g/mol. The van der Waals surface area contributed by atoms with Gasteiger partial charge in [0.25, 0.3) is 5.91 Å². The first-order chi connectivity index (χ1) is 8.56. The maximum Gasteiger partial charge on any atom is 0.258 e. The maximum atomic E-state index is 12.5. The zero-order chi connectivity index (χ0) is 13.3. The standard InChI is InChI=1S/C12H19ClN4O/c1-4-17-11(13)10(8(2)15-17)12(18)16(3)9-5-6-14-7-9/h9,14H,4-7H2,1-3H3/t9-/m1/s1. The van der Waals surface area contributed by atoms with Crippen molar-refractivity contribution in [2.75, 3.05) is 20.1 Å². The highest BCUT2D eigenvalue weighted by Crippen LogP contribution is 2.22. The number of rotatable bonds is 3. The van der Waals surface area contributed by atoms with Gasteiger partial charge in [-0.05, 0) is 26.8 Å². The van der Waals surface area contributed by atoms with Crippen molar-refractivity contribution in [3.05, 3.63) is 16.4 Å². The van der Waals surface area contributed by atoms with E-state index in [1.54, 1.807) is 9.58 Å². The fourth-order valence-electron chi connectivity index (χ4n) is 2.32. The normalized spacial score (nSPS) is 19.2. The number of hydrogen-bond donors (Lipinski definition) is 1. The number of aromatic nitrogens is 2. The van der Waals surface area contributed by atoms with Crippen molar-refractivity contribution < 1.29 is 4.79 Å². The lowest BCUT2D eigenvalue weighted by Crippen LogP contribution is -2.38. The largest absolute Gasteiger partial charge is 0.337 e. The molecule has 0 bridgehead atoms. The van der Waals surface area contributed by atoms with Crippen LogP contribution in [0.25, 0.3) is 0 Å². The second-order valence-electron chi connectivity index (χ2n) is 4.63. The number of nitrogens with one attached hydrogen (secondary N) is 1. The summed E-state index contributed by atoms with van der Waals surface area (Å²) in [7, 11) is 1.83. The van der Waals surface area contributed by atoms with E-state index < -0.39 is 0 Å². The van der Waals surface area contributed by atoms with Crippen LogP contribution in [0.1, 0.15) is 29.4 Å². The third-order valence-corrected chi connectivity index (χ3v) is 3.87. The van der Waals surface area contributed by atoms with Gasteiger partial charge in [0.1, 0.15) is 5.15 Å². The molecule has 2 rings (SSSR count). The Balaban J connectivity index is 2.25. The molecule has 100 valence electrons. The van der Waals surface area contributed by atoms with Gasteiger partial charge in [0.2, 0.25) is 0 Å². The molecule has 0 saturated carbocycles. The number of hydrogen-bond acceptors (Lipinski definition) is 3. The van der Waals surface area contributed by atoms with Crippen molar-refractivity contribution in [1.82, 2.24) is 20.0 Å². The number of aryl methyl sites for hydroxylation is 2. The van der Waals surface area contributed by atoms with Gasteiger partial charge in [0.15, 0.2) is 0 Å². The molecule has 1 aromatic rings. The molecule has 0 aromatic carbocycles. The summed E-state index contributed by atoms with van der Waals surface area (Å²) in [6.45, 7) is 6.26. The molecule has 0 unspecified atom stereocenters. The van der Waals surface area contributed by atoms with Gasteiger partial charge in [-0.3, -0.25) is 9.48 Å². The first-order valence-electron chi connectivity index (χ1n) is 6.27.